The van der Waals surface area contributed by atoms with E-state index in [-0.39, 0.29) is 5.56 Å². The molecule has 1 amide bonds. The second-order valence-corrected chi connectivity index (χ2v) is 2.52. The fraction of sp³-hybridized carbons (Fsp3) is 0.222. The molecule has 13 heavy (non-hydrogen) atoms. The Morgan fingerprint density at radius 3 is 2.54 bits per heavy atom. The van der Waals surface area contributed by atoms with Crippen LogP contribution in [-0.2, 0) is 0 Å². The average Bonchev–Trinajstić information content (AvgIpc) is 2.16. The summed E-state index contributed by atoms with van der Waals surface area (Å²) in [5.41, 5.74) is 0.701. The molecule has 3 nitrogen and oxygen atoms in total. The molecule has 2 N–H and O–H groups in total. The summed E-state index contributed by atoms with van der Waals surface area (Å²) in [5, 5.41) is 5.14. The first-order valence-corrected chi connectivity index (χ1v) is 3.88. The lowest BCUT2D eigenvalue weighted by molar-refractivity contribution is 0.0959. The molecule has 0 bridgehead atoms. The first-order chi connectivity index (χ1) is 6.19. The minimum Gasteiger partial charge on any atom is -0.388 e. The molecular formula is C9H11FN2O. The summed E-state index contributed by atoms with van der Waals surface area (Å²) < 4.78 is 13.2. The van der Waals surface area contributed by atoms with Crippen molar-refractivity contribution in [1.29, 1.82) is 0 Å². The summed E-state index contributed by atoms with van der Waals surface area (Å²) in [4.78, 5) is 11.1. The van der Waals surface area contributed by atoms with E-state index < -0.39 is 11.7 Å². The molecule has 4 heteroatoms. The number of benzene rings is 1. The van der Waals surface area contributed by atoms with Crippen LogP contribution in [0.25, 0.3) is 0 Å². The summed E-state index contributed by atoms with van der Waals surface area (Å²) >= 11 is 0. The van der Waals surface area contributed by atoms with Crippen LogP contribution in [0.1, 0.15) is 10.4 Å². The van der Waals surface area contributed by atoms with Crippen molar-refractivity contribution >= 4 is 11.6 Å². The third kappa shape index (κ3) is 1.96. The highest BCUT2D eigenvalue weighted by atomic mass is 19.1. The van der Waals surface area contributed by atoms with Gasteiger partial charge in [0, 0.05) is 19.8 Å². The lowest BCUT2D eigenvalue weighted by atomic mass is 10.2. The summed E-state index contributed by atoms with van der Waals surface area (Å²) in [6.45, 7) is 0. The Bertz CT molecular complexity index is 325. The van der Waals surface area contributed by atoms with E-state index in [1.165, 1.54) is 19.2 Å². The van der Waals surface area contributed by atoms with Crippen LogP contribution in [0.3, 0.4) is 0 Å². The van der Waals surface area contributed by atoms with Crippen LogP contribution in [0.4, 0.5) is 10.1 Å². The van der Waals surface area contributed by atoms with E-state index in [1.807, 2.05) is 0 Å². The number of hydrogen-bond donors (Lipinski definition) is 2. The minimum absolute atomic E-state index is 0.0569. The zero-order chi connectivity index (χ0) is 9.84. The molecule has 0 aliphatic carbocycles. The monoisotopic (exact) mass is 182 g/mol. The van der Waals surface area contributed by atoms with Crippen LogP contribution in [-0.4, -0.2) is 20.0 Å². The number of anilines is 1. The Morgan fingerprint density at radius 2 is 2.08 bits per heavy atom. The second kappa shape index (κ2) is 3.89. The number of amides is 1. The Hall–Kier alpha value is -1.58. The molecule has 70 valence electrons. The maximum absolute atomic E-state index is 13.2. The summed E-state index contributed by atoms with van der Waals surface area (Å²) in [5.74, 6) is -0.939. The normalized spacial score (nSPS) is 9.46. The van der Waals surface area contributed by atoms with Crippen LogP contribution in [0, 0.1) is 5.82 Å². The van der Waals surface area contributed by atoms with E-state index in [1.54, 1.807) is 13.1 Å². The number of carbonyl (C=O) groups excluding carboxylic acids is 1. The Kier molecular flexibility index (Phi) is 2.84. The van der Waals surface area contributed by atoms with Crippen molar-refractivity contribution in [2.45, 2.75) is 0 Å². The number of halogens is 1. The van der Waals surface area contributed by atoms with Crippen LogP contribution in [0.5, 0.6) is 0 Å². The van der Waals surface area contributed by atoms with Gasteiger partial charge in [0.1, 0.15) is 5.82 Å². The van der Waals surface area contributed by atoms with Crippen LogP contribution in [0.2, 0.25) is 0 Å². The number of rotatable bonds is 2. The zero-order valence-corrected chi connectivity index (χ0v) is 7.52. The van der Waals surface area contributed by atoms with Crippen molar-refractivity contribution in [2.75, 3.05) is 19.4 Å². The van der Waals surface area contributed by atoms with Crippen LogP contribution in [0.15, 0.2) is 18.2 Å². The lowest BCUT2D eigenvalue weighted by Gasteiger charge is -2.04. The number of nitrogens with one attached hydrogen (secondary N) is 2. The van der Waals surface area contributed by atoms with Gasteiger partial charge in [-0.1, -0.05) is 0 Å². The first-order valence-electron chi connectivity index (χ1n) is 3.88. The van der Waals surface area contributed by atoms with Gasteiger partial charge in [0.15, 0.2) is 0 Å². The standard InChI is InChI=1S/C9H11FN2O/c1-11-6-3-4-7(8(10)5-6)9(13)12-2/h3-5,11H,1-2H3,(H,12,13). The molecule has 0 unspecified atom stereocenters. The van der Waals surface area contributed by atoms with E-state index in [2.05, 4.69) is 10.6 Å². The summed E-state index contributed by atoms with van der Waals surface area (Å²) in [7, 11) is 3.15. The van der Waals surface area contributed by atoms with Gasteiger partial charge in [0.2, 0.25) is 0 Å². The van der Waals surface area contributed by atoms with Crippen molar-refractivity contribution in [2.24, 2.45) is 0 Å². The van der Waals surface area contributed by atoms with E-state index >= 15 is 0 Å². The number of hydrogen-bond acceptors (Lipinski definition) is 2. The Labute approximate surface area is 76.0 Å². The third-order valence-corrected chi connectivity index (χ3v) is 1.73. The smallest absolute Gasteiger partial charge is 0.253 e. The fourth-order valence-corrected chi connectivity index (χ4v) is 0.989. The van der Waals surface area contributed by atoms with E-state index in [9.17, 15) is 9.18 Å². The topological polar surface area (TPSA) is 41.1 Å². The second-order valence-electron chi connectivity index (χ2n) is 2.52. The first kappa shape index (κ1) is 9.51. The van der Waals surface area contributed by atoms with Gasteiger partial charge in [-0.2, -0.15) is 0 Å². The van der Waals surface area contributed by atoms with Crippen LogP contribution >= 0.6 is 0 Å². The van der Waals surface area contributed by atoms with Crippen molar-refractivity contribution in [3.05, 3.63) is 29.6 Å². The Morgan fingerprint density at radius 1 is 1.38 bits per heavy atom. The molecule has 1 rings (SSSR count). The molecule has 0 saturated carbocycles. The average molecular weight is 182 g/mol. The highest BCUT2D eigenvalue weighted by Gasteiger charge is 2.09. The third-order valence-electron chi connectivity index (χ3n) is 1.73. The summed E-state index contributed by atoms with van der Waals surface area (Å²) in [6.07, 6.45) is 0. The van der Waals surface area contributed by atoms with Gasteiger partial charge < -0.3 is 10.6 Å². The molecule has 0 fully saturated rings. The predicted molar refractivity (Wildman–Crippen MR) is 49.3 cm³/mol. The van der Waals surface area contributed by atoms with Gasteiger partial charge in [0.25, 0.3) is 5.91 Å². The molecule has 1 aromatic carbocycles. The molecular weight excluding hydrogens is 171 g/mol. The molecule has 0 atom stereocenters. The van der Waals surface area contributed by atoms with Gasteiger partial charge in [-0.15, -0.1) is 0 Å². The Balaban J connectivity index is 3.05. The van der Waals surface area contributed by atoms with Gasteiger partial charge >= 0.3 is 0 Å². The van der Waals surface area contributed by atoms with Gasteiger partial charge in [0.05, 0.1) is 5.56 Å². The SMILES string of the molecule is CNC(=O)c1ccc(NC)cc1F. The quantitative estimate of drug-likeness (QED) is 0.722. The van der Waals surface area contributed by atoms with Gasteiger partial charge in [-0.05, 0) is 18.2 Å². The molecule has 0 aliphatic heterocycles. The molecule has 0 spiro atoms. The maximum Gasteiger partial charge on any atom is 0.253 e. The van der Waals surface area contributed by atoms with Gasteiger partial charge in [-0.25, -0.2) is 4.39 Å². The van der Waals surface area contributed by atoms with E-state index in [0.29, 0.717) is 5.69 Å². The molecule has 1 aromatic rings. The van der Waals surface area contributed by atoms with Gasteiger partial charge in [-0.3, -0.25) is 4.79 Å². The van der Waals surface area contributed by atoms with Crippen molar-refractivity contribution in [1.82, 2.24) is 5.32 Å². The highest BCUT2D eigenvalue weighted by molar-refractivity contribution is 5.94. The lowest BCUT2D eigenvalue weighted by Crippen LogP contribution is -2.19. The fourth-order valence-electron chi connectivity index (χ4n) is 0.989. The molecule has 0 heterocycles. The van der Waals surface area contributed by atoms with Crippen molar-refractivity contribution in [3.63, 3.8) is 0 Å². The van der Waals surface area contributed by atoms with Crippen molar-refractivity contribution < 1.29 is 9.18 Å². The number of carbonyl (C=O) groups is 1. The summed E-state index contributed by atoms with van der Waals surface area (Å²) in [6, 6.07) is 4.37. The van der Waals surface area contributed by atoms with Crippen LogP contribution < -0.4 is 10.6 Å². The molecule has 0 aliphatic rings. The largest absolute Gasteiger partial charge is 0.388 e. The van der Waals surface area contributed by atoms with E-state index in [4.69, 9.17) is 0 Å². The zero-order valence-electron chi connectivity index (χ0n) is 7.52. The molecule has 0 saturated heterocycles. The van der Waals surface area contributed by atoms with E-state index in [0.717, 1.165) is 0 Å². The predicted octanol–water partition coefficient (Wildman–Crippen LogP) is 1.23. The molecule has 0 aromatic heterocycles. The highest BCUT2D eigenvalue weighted by Crippen LogP contribution is 2.13. The molecule has 0 radical (unpaired) electrons. The van der Waals surface area contributed by atoms with Crippen molar-refractivity contribution in [3.8, 4) is 0 Å². The maximum atomic E-state index is 13.2. The minimum atomic E-state index is -0.522.